The van der Waals surface area contributed by atoms with Crippen LogP contribution in [0.4, 0.5) is 11.8 Å². The summed E-state index contributed by atoms with van der Waals surface area (Å²) in [5.41, 5.74) is 2.62. The van der Waals surface area contributed by atoms with Gasteiger partial charge in [-0.05, 0) is 17.7 Å². The third-order valence-corrected chi connectivity index (χ3v) is 3.79. The largest absolute Gasteiger partial charge is 0.480 e. The summed E-state index contributed by atoms with van der Waals surface area (Å²) in [7, 11) is 0. The summed E-state index contributed by atoms with van der Waals surface area (Å²) in [5, 5.41) is 15.5. The molecule has 0 aliphatic heterocycles. The van der Waals surface area contributed by atoms with Gasteiger partial charge in [-0.1, -0.05) is 54.1 Å². The van der Waals surface area contributed by atoms with Crippen LogP contribution in [0.1, 0.15) is 5.56 Å². The molecular formula is C19H17ClN4O2. The minimum atomic E-state index is -0.979. The van der Waals surface area contributed by atoms with Crippen molar-refractivity contribution in [1.82, 2.24) is 9.97 Å². The number of hydrogen-bond acceptors (Lipinski definition) is 5. The molecule has 3 rings (SSSR count). The quantitative estimate of drug-likeness (QED) is 0.586. The lowest BCUT2D eigenvalue weighted by Crippen LogP contribution is -2.15. The van der Waals surface area contributed by atoms with Crippen LogP contribution in [0.25, 0.3) is 11.3 Å². The molecule has 0 aliphatic rings. The summed E-state index contributed by atoms with van der Waals surface area (Å²) in [4.78, 5) is 19.5. The Morgan fingerprint density at radius 2 is 1.81 bits per heavy atom. The highest BCUT2D eigenvalue weighted by Crippen LogP contribution is 2.22. The Hall–Kier alpha value is -3.12. The summed E-state index contributed by atoms with van der Waals surface area (Å²) in [6.07, 6.45) is 0. The van der Waals surface area contributed by atoms with Crippen molar-refractivity contribution in [3.8, 4) is 11.3 Å². The minimum absolute atomic E-state index is 0.252. The summed E-state index contributed by atoms with van der Waals surface area (Å²) in [5.74, 6) is -0.138. The zero-order chi connectivity index (χ0) is 18.4. The maximum atomic E-state index is 10.8. The Balaban J connectivity index is 1.85. The van der Waals surface area contributed by atoms with Crippen LogP contribution in [0, 0.1) is 0 Å². The van der Waals surface area contributed by atoms with Gasteiger partial charge in [-0.2, -0.15) is 4.98 Å². The van der Waals surface area contributed by atoms with Crippen molar-refractivity contribution in [1.29, 1.82) is 0 Å². The number of aliphatic carboxylic acids is 1. The minimum Gasteiger partial charge on any atom is -0.480 e. The highest BCUT2D eigenvalue weighted by molar-refractivity contribution is 6.30. The first-order valence-corrected chi connectivity index (χ1v) is 8.36. The molecule has 0 atom stereocenters. The molecule has 1 heterocycles. The molecule has 6 nitrogen and oxygen atoms in total. The van der Waals surface area contributed by atoms with Gasteiger partial charge in [0.1, 0.15) is 12.4 Å². The van der Waals surface area contributed by atoms with Crippen molar-refractivity contribution in [2.45, 2.75) is 6.54 Å². The number of carboxylic acid groups (broad SMARTS) is 1. The van der Waals surface area contributed by atoms with Crippen molar-refractivity contribution >= 4 is 29.3 Å². The number of benzene rings is 2. The van der Waals surface area contributed by atoms with Crippen LogP contribution in [0.15, 0.2) is 60.7 Å². The number of hydrogen-bond donors (Lipinski definition) is 3. The molecular weight excluding hydrogens is 352 g/mol. The molecule has 3 N–H and O–H groups in total. The third kappa shape index (κ3) is 4.94. The standard InChI is InChI=1S/C19H17ClN4O2/c20-15-8-4-5-13(9-15)11-21-17-10-16(14-6-2-1-3-7-14)23-19(24-17)22-12-18(25)26/h1-10H,11-12H2,(H,25,26)(H2,21,22,23,24). The van der Waals surface area contributed by atoms with E-state index < -0.39 is 5.97 Å². The average molecular weight is 369 g/mol. The van der Waals surface area contributed by atoms with Gasteiger partial charge in [0.25, 0.3) is 0 Å². The zero-order valence-corrected chi connectivity index (χ0v) is 14.6. The van der Waals surface area contributed by atoms with Crippen LogP contribution in [0.5, 0.6) is 0 Å². The smallest absolute Gasteiger partial charge is 0.322 e. The van der Waals surface area contributed by atoms with E-state index in [-0.39, 0.29) is 12.5 Å². The molecule has 3 aromatic rings. The lowest BCUT2D eigenvalue weighted by Gasteiger charge is -2.11. The van der Waals surface area contributed by atoms with Gasteiger partial charge in [0.05, 0.1) is 5.69 Å². The second-order valence-electron chi connectivity index (χ2n) is 5.56. The van der Waals surface area contributed by atoms with Crippen LogP contribution in [-0.2, 0) is 11.3 Å². The highest BCUT2D eigenvalue weighted by atomic mass is 35.5. The van der Waals surface area contributed by atoms with E-state index >= 15 is 0 Å². The number of carbonyl (C=O) groups is 1. The highest BCUT2D eigenvalue weighted by Gasteiger charge is 2.08. The number of nitrogens with one attached hydrogen (secondary N) is 2. The van der Waals surface area contributed by atoms with Crippen LogP contribution >= 0.6 is 11.6 Å². The van der Waals surface area contributed by atoms with E-state index in [9.17, 15) is 4.79 Å². The molecule has 0 radical (unpaired) electrons. The lowest BCUT2D eigenvalue weighted by molar-refractivity contribution is -0.134. The molecule has 2 aromatic carbocycles. The Morgan fingerprint density at radius 3 is 2.54 bits per heavy atom. The van der Waals surface area contributed by atoms with Gasteiger partial charge in [-0.25, -0.2) is 4.98 Å². The maximum absolute atomic E-state index is 10.8. The molecule has 0 aliphatic carbocycles. The van der Waals surface area contributed by atoms with Gasteiger partial charge in [0.2, 0.25) is 5.95 Å². The van der Waals surface area contributed by atoms with Crippen molar-refractivity contribution in [3.05, 3.63) is 71.2 Å². The van der Waals surface area contributed by atoms with Gasteiger partial charge >= 0.3 is 5.97 Å². The molecule has 7 heteroatoms. The summed E-state index contributed by atoms with van der Waals surface area (Å²) >= 11 is 6.01. The Kier molecular flexibility index (Phi) is 5.66. The predicted molar refractivity (Wildman–Crippen MR) is 102 cm³/mol. The van der Waals surface area contributed by atoms with Gasteiger partial charge in [0.15, 0.2) is 0 Å². The van der Waals surface area contributed by atoms with Gasteiger partial charge in [0, 0.05) is 23.2 Å². The third-order valence-electron chi connectivity index (χ3n) is 3.56. The Bertz CT molecular complexity index is 903. The van der Waals surface area contributed by atoms with Crippen LogP contribution < -0.4 is 10.6 Å². The first-order chi connectivity index (χ1) is 12.6. The van der Waals surface area contributed by atoms with Crippen molar-refractivity contribution < 1.29 is 9.90 Å². The number of aromatic nitrogens is 2. The van der Waals surface area contributed by atoms with E-state index in [0.29, 0.717) is 23.1 Å². The van der Waals surface area contributed by atoms with Gasteiger partial charge < -0.3 is 15.7 Å². The molecule has 0 saturated carbocycles. The van der Waals surface area contributed by atoms with E-state index in [2.05, 4.69) is 20.6 Å². The zero-order valence-electron chi connectivity index (χ0n) is 13.8. The van der Waals surface area contributed by atoms with Crippen LogP contribution in [-0.4, -0.2) is 27.6 Å². The van der Waals surface area contributed by atoms with Crippen LogP contribution in [0.2, 0.25) is 5.02 Å². The lowest BCUT2D eigenvalue weighted by atomic mass is 10.1. The molecule has 1 aromatic heterocycles. The molecule has 0 spiro atoms. The van der Waals surface area contributed by atoms with Gasteiger partial charge in [-0.3, -0.25) is 4.79 Å². The fourth-order valence-electron chi connectivity index (χ4n) is 2.37. The molecule has 0 saturated heterocycles. The van der Waals surface area contributed by atoms with Crippen LogP contribution in [0.3, 0.4) is 0 Å². The fraction of sp³-hybridized carbons (Fsp3) is 0.105. The number of anilines is 2. The first-order valence-electron chi connectivity index (χ1n) is 7.98. The molecule has 26 heavy (non-hydrogen) atoms. The topological polar surface area (TPSA) is 87.1 Å². The molecule has 0 amide bonds. The SMILES string of the molecule is O=C(O)CNc1nc(NCc2cccc(Cl)c2)cc(-c2ccccc2)n1. The van der Waals surface area contributed by atoms with E-state index in [1.807, 2.05) is 60.7 Å². The number of halogens is 1. The fourth-order valence-corrected chi connectivity index (χ4v) is 2.58. The molecule has 0 unspecified atom stereocenters. The number of nitrogens with zero attached hydrogens (tertiary/aromatic N) is 2. The normalized spacial score (nSPS) is 10.3. The van der Waals surface area contributed by atoms with Crippen molar-refractivity contribution in [3.63, 3.8) is 0 Å². The second kappa shape index (κ2) is 8.31. The molecule has 132 valence electrons. The molecule has 0 bridgehead atoms. The van der Waals surface area contributed by atoms with Crippen molar-refractivity contribution in [2.75, 3.05) is 17.2 Å². The van der Waals surface area contributed by atoms with E-state index in [4.69, 9.17) is 16.7 Å². The average Bonchev–Trinajstić information content (AvgIpc) is 2.65. The number of carboxylic acids is 1. The second-order valence-corrected chi connectivity index (χ2v) is 6.00. The van der Waals surface area contributed by atoms with Gasteiger partial charge in [-0.15, -0.1) is 0 Å². The first kappa shape index (κ1) is 17.7. The summed E-state index contributed by atoms with van der Waals surface area (Å²) in [6.45, 7) is 0.274. The predicted octanol–water partition coefficient (Wildman–Crippen LogP) is 3.91. The van der Waals surface area contributed by atoms with E-state index in [1.165, 1.54) is 0 Å². The monoisotopic (exact) mass is 368 g/mol. The Labute approximate surface area is 155 Å². The number of rotatable bonds is 7. The Morgan fingerprint density at radius 1 is 1.00 bits per heavy atom. The summed E-state index contributed by atoms with van der Waals surface area (Å²) in [6, 6.07) is 19.0. The maximum Gasteiger partial charge on any atom is 0.322 e. The van der Waals surface area contributed by atoms with E-state index in [0.717, 1.165) is 11.1 Å². The molecule has 0 fully saturated rings. The summed E-state index contributed by atoms with van der Waals surface area (Å²) < 4.78 is 0. The van der Waals surface area contributed by atoms with Crippen molar-refractivity contribution in [2.24, 2.45) is 0 Å². The van der Waals surface area contributed by atoms with E-state index in [1.54, 1.807) is 0 Å².